The largest absolute Gasteiger partial charge is 0.427 e. The predicted molar refractivity (Wildman–Crippen MR) is 101 cm³/mol. The van der Waals surface area contributed by atoms with Crippen molar-refractivity contribution in [3.05, 3.63) is 53.3 Å². The fourth-order valence-electron chi connectivity index (χ4n) is 2.53. The number of alkyl halides is 1. The Balaban J connectivity index is 1.90. The Morgan fingerprint density at radius 3 is 2.73 bits per heavy atom. The van der Waals surface area contributed by atoms with E-state index in [0.717, 1.165) is 11.4 Å². The summed E-state index contributed by atoms with van der Waals surface area (Å²) in [6.45, 7) is 2.31. The molecule has 0 aliphatic rings. The minimum absolute atomic E-state index is 0.0792. The van der Waals surface area contributed by atoms with Gasteiger partial charge in [0.15, 0.2) is 0 Å². The van der Waals surface area contributed by atoms with Gasteiger partial charge in [-0.05, 0) is 19.1 Å². The first-order valence-electron chi connectivity index (χ1n) is 8.17. The van der Waals surface area contributed by atoms with Gasteiger partial charge in [0.05, 0.1) is 0 Å². The number of hydrogen-bond acceptors (Lipinski definition) is 4. The van der Waals surface area contributed by atoms with Gasteiger partial charge in [-0.3, -0.25) is 9.36 Å². The highest BCUT2D eigenvalue weighted by atomic mass is 35.5. The van der Waals surface area contributed by atoms with Gasteiger partial charge in [-0.25, -0.2) is 4.98 Å². The van der Waals surface area contributed by atoms with E-state index in [1.54, 1.807) is 29.1 Å². The molecule has 0 saturated carbocycles. The first-order chi connectivity index (χ1) is 12.6. The molecular weight excluding hydrogens is 375 g/mol. The molecule has 0 aliphatic heterocycles. The first-order valence-corrected chi connectivity index (χ1v) is 9.08. The molecule has 3 aromatic rings. The molecule has 3 rings (SSSR count). The molecule has 0 bridgehead atoms. The van der Waals surface area contributed by atoms with E-state index in [-0.39, 0.29) is 12.3 Å². The van der Waals surface area contributed by atoms with Crippen molar-refractivity contribution in [2.24, 2.45) is 0 Å². The maximum absolute atomic E-state index is 11.9. The molecule has 1 amide bonds. The van der Waals surface area contributed by atoms with E-state index in [1.807, 2.05) is 19.1 Å². The highest BCUT2D eigenvalue weighted by Crippen LogP contribution is 2.28. The number of benzene rings is 1. The Morgan fingerprint density at radius 1 is 1.31 bits per heavy atom. The highest BCUT2D eigenvalue weighted by molar-refractivity contribution is 6.30. The predicted octanol–water partition coefficient (Wildman–Crippen LogP) is 3.78. The van der Waals surface area contributed by atoms with Gasteiger partial charge >= 0.3 is 6.01 Å². The molecule has 1 N–H and O–H groups in total. The number of halogens is 2. The van der Waals surface area contributed by atoms with Gasteiger partial charge in [-0.2, -0.15) is 4.98 Å². The zero-order valence-corrected chi connectivity index (χ0v) is 15.7. The smallest absolute Gasteiger partial charge is 0.307 e. The number of nitrogens with zero attached hydrogens (tertiary/aromatic N) is 3. The molecule has 0 atom stereocenters. The van der Waals surface area contributed by atoms with Crippen molar-refractivity contribution >= 4 is 29.1 Å². The number of imidazole rings is 1. The first kappa shape index (κ1) is 18.5. The van der Waals surface area contributed by atoms with Crippen LogP contribution in [0.1, 0.15) is 18.0 Å². The molecule has 26 heavy (non-hydrogen) atoms. The van der Waals surface area contributed by atoms with Crippen LogP contribution in [-0.4, -0.2) is 32.9 Å². The maximum Gasteiger partial charge on any atom is 0.307 e. The average molecular weight is 393 g/mol. The van der Waals surface area contributed by atoms with Crippen LogP contribution in [0.15, 0.2) is 41.1 Å². The summed E-state index contributed by atoms with van der Waals surface area (Å²) >= 11 is 11.6. The zero-order chi connectivity index (χ0) is 18.5. The Hall–Kier alpha value is -2.31. The highest BCUT2D eigenvalue weighted by Gasteiger charge is 2.18. The van der Waals surface area contributed by atoms with Gasteiger partial charge in [0.1, 0.15) is 17.3 Å². The van der Waals surface area contributed by atoms with E-state index in [1.165, 1.54) is 0 Å². The number of amides is 1. The number of oxazole rings is 1. The van der Waals surface area contributed by atoms with Crippen LogP contribution in [-0.2, 0) is 11.2 Å². The van der Waals surface area contributed by atoms with Crippen molar-refractivity contribution in [2.45, 2.75) is 19.8 Å². The second-order valence-electron chi connectivity index (χ2n) is 5.66. The van der Waals surface area contributed by atoms with E-state index in [2.05, 4.69) is 15.3 Å². The summed E-state index contributed by atoms with van der Waals surface area (Å²) in [4.78, 5) is 20.7. The van der Waals surface area contributed by atoms with Crippen LogP contribution in [0.5, 0.6) is 0 Å². The van der Waals surface area contributed by atoms with Crippen LogP contribution in [0.25, 0.3) is 17.3 Å². The Kier molecular flexibility index (Phi) is 5.96. The number of aromatic nitrogens is 3. The van der Waals surface area contributed by atoms with Gasteiger partial charge in [-0.15, -0.1) is 11.6 Å². The lowest BCUT2D eigenvalue weighted by Gasteiger charge is -2.03. The summed E-state index contributed by atoms with van der Waals surface area (Å²) in [7, 11) is 0. The molecule has 136 valence electrons. The molecule has 2 aromatic heterocycles. The fraction of sp³-hybridized carbons (Fsp3) is 0.278. The van der Waals surface area contributed by atoms with Gasteiger partial charge in [0.2, 0.25) is 5.91 Å². The summed E-state index contributed by atoms with van der Waals surface area (Å²) in [5.41, 5.74) is 1.56. The van der Waals surface area contributed by atoms with Gasteiger partial charge in [-0.1, -0.05) is 23.7 Å². The van der Waals surface area contributed by atoms with Crippen molar-refractivity contribution in [2.75, 3.05) is 12.4 Å². The lowest BCUT2D eigenvalue weighted by atomic mass is 10.1. The van der Waals surface area contributed by atoms with Crippen LogP contribution >= 0.6 is 23.2 Å². The molecular formula is C18H18Cl2N4O2. The van der Waals surface area contributed by atoms with Gasteiger partial charge < -0.3 is 9.73 Å². The summed E-state index contributed by atoms with van der Waals surface area (Å²) < 4.78 is 7.71. The molecule has 2 heterocycles. The molecule has 0 fully saturated rings. The summed E-state index contributed by atoms with van der Waals surface area (Å²) in [6.07, 6.45) is 4.17. The SMILES string of the molecule is Cc1nccn1-c1nc(-c2ccc(Cl)cc2)c(CCC(=O)NCCCl)o1. The van der Waals surface area contributed by atoms with Crippen LogP contribution in [0.4, 0.5) is 0 Å². The van der Waals surface area contributed by atoms with Crippen molar-refractivity contribution in [1.29, 1.82) is 0 Å². The number of aryl methyl sites for hydroxylation is 2. The maximum atomic E-state index is 11.9. The third kappa shape index (κ3) is 4.26. The van der Waals surface area contributed by atoms with E-state index in [0.29, 0.717) is 41.3 Å². The number of rotatable bonds is 7. The third-order valence-corrected chi connectivity index (χ3v) is 4.27. The summed E-state index contributed by atoms with van der Waals surface area (Å²) in [6, 6.07) is 7.76. The molecule has 0 radical (unpaired) electrons. The fourth-order valence-corrected chi connectivity index (χ4v) is 2.75. The molecule has 0 unspecified atom stereocenters. The van der Waals surface area contributed by atoms with Crippen LogP contribution in [0.2, 0.25) is 5.02 Å². The summed E-state index contributed by atoms with van der Waals surface area (Å²) in [5.74, 6) is 1.70. The standard InChI is InChI=1S/C18H18Cl2N4O2/c1-12-21-10-11-24(12)18-23-17(13-2-4-14(20)5-3-13)15(26-18)6-7-16(25)22-9-8-19/h2-5,10-11H,6-9H2,1H3,(H,22,25). The Labute approximate surface area is 161 Å². The van der Waals surface area contributed by atoms with Crippen LogP contribution in [0, 0.1) is 6.92 Å². The van der Waals surface area contributed by atoms with E-state index in [4.69, 9.17) is 27.6 Å². The normalized spacial score (nSPS) is 10.9. The lowest BCUT2D eigenvalue weighted by molar-refractivity contribution is -0.121. The van der Waals surface area contributed by atoms with Gasteiger partial charge in [0, 0.05) is 48.2 Å². The second-order valence-corrected chi connectivity index (χ2v) is 6.47. The van der Waals surface area contributed by atoms with E-state index < -0.39 is 0 Å². The van der Waals surface area contributed by atoms with Gasteiger partial charge in [0.25, 0.3) is 0 Å². The number of hydrogen-bond donors (Lipinski definition) is 1. The summed E-state index contributed by atoms with van der Waals surface area (Å²) in [5, 5.41) is 3.39. The minimum Gasteiger partial charge on any atom is -0.427 e. The molecule has 1 aromatic carbocycles. The van der Waals surface area contributed by atoms with Crippen molar-refractivity contribution in [1.82, 2.24) is 19.9 Å². The Morgan fingerprint density at radius 2 is 2.08 bits per heavy atom. The molecule has 0 saturated heterocycles. The topological polar surface area (TPSA) is 73.0 Å². The Bertz CT molecular complexity index is 887. The molecule has 6 nitrogen and oxygen atoms in total. The number of carbonyl (C=O) groups is 1. The monoisotopic (exact) mass is 392 g/mol. The zero-order valence-electron chi connectivity index (χ0n) is 14.2. The van der Waals surface area contributed by atoms with Crippen molar-refractivity contribution in [3.63, 3.8) is 0 Å². The number of nitrogens with one attached hydrogen (secondary N) is 1. The molecule has 8 heteroatoms. The molecule has 0 spiro atoms. The van der Waals surface area contributed by atoms with E-state index >= 15 is 0 Å². The third-order valence-electron chi connectivity index (χ3n) is 3.83. The minimum atomic E-state index is -0.0792. The number of carbonyl (C=O) groups excluding carboxylic acids is 1. The lowest BCUT2D eigenvalue weighted by Crippen LogP contribution is -2.25. The van der Waals surface area contributed by atoms with Crippen LogP contribution < -0.4 is 5.32 Å². The second kappa shape index (κ2) is 8.38. The van der Waals surface area contributed by atoms with Crippen molar-refractivity contribution in [3.8, 4) is 17.3 Å². The van der Waals surface area contributed by atoms with Crippen LogP contribution in [0.3, 0.4) is 0 Å². The molecule has 0 aliphatic carbocycles. The quantitative estimate of drug-likeness (QED) is 0.620. The average Bonchev–Trinajstić information content (AvgIpc) is 3.24. The van der Waals surface area contributed by atoms with E-state index in [9.17, 15) is 4.79 Å². The van der Waals surface area contributed by atoms with Crippen molar-refractivity contribution < 1.29 is 9.21 Å².